The van der Waals surface area contributed by atoms with Gasteiger partial charge in [0, 0.05) is 43.3 Å². The van der Waals surface area contributed by atoms with Crippen LogP contribution < -0.4 is 4.90 Å². The summed E-state index contributed by atoms with van der Waals surface area (Å²) in [6.45, 7) is 6.31. The van der Waals surface area contributed by atoms with Crippen molar-refractivity contribution in [2.24, 2.45) is 5.41 Å². The average Bonchev–Trinajstić information content (AvgIpc) is 2.92. The molecule has 1 aliphatic carbocycles. The Labute approximate surface area is 238 Å². The van der Waals surface area contributed by atoms with E-state index in [4.69, 9.17) is 0 Å². The summed E-state index contributed by atoms with van der Waals surface area (Å²) in [7, 11) is 0. The zero-order valence-corrected chi connectivity index (χ0v) is 23.5. The van der Waals surface area contributed by atoms with Crippen LogP contribution >= 0.6 is 0 Å². The lowest BCUT2D eigenvalue weighted by molar-refractivity contribution is -0.139. The van der Waals surface area contributed by atoms with E-state index in [-0.39, 0.29) is 29.0 Å². The van der Waals surface area contributed by atoms with E-state index in [0.717, 1.165) is 113 Å². The summed E-state index contributed by atoms with van der Waals surface area (Å²) in [6.07, 6.45) is 2.66. The molecule has 0 radical (unpaired) electrons. The predicted molar refractivity (Wildman–Crippen MR) is 147 cm³/mol. The minimum absolute atomic E-state index is 0.167. The number of nitrogens with zero attached hydrogens (tertiary/aromatic N) is 5. The summed E-state index contributed by atoms with van der Waals surface area (Å²) in [5, 5.41) is 29.1. The number of phenolic OH excluding ortho intramolecular Hbond substituents is 1. The number of piperidine rings is 2. The molecule has 2 aromatic rings. The van der Waals surface area contributed by atoms with E-state index in [1.807, 2.05) is 11.8 Å². The maximum atomic E-state index is 13.2. The Morgan fingerprint density at radius 1 is 1.10 bits per heavy atom. The Balaban J connectivity index is 1.13. The van der Waals surface area contributed by atoms with Gasteiger partial charge in [-0.1, -0.05) is 0 Å². The van der Waals surface area contributed by atoms with Crippen LogP contribution in [0.25, 0.3) is 11.3 Å². The number of fused-ring (bicyclic) bond motifs is 1. The van der Waals surface area contributed by atoms with Crippen molar-refractivity contribution in [2.45, 2.75) is 76.6 Å². The van der Waals surface area contributed by atoms with Gasteiger partial charge in [-0.05, 0) is 94.0 Å². The molecule has 3 aliphatic heterocycles. The number of amides is 1. The fourth-order valence-electron chi connectivity index (χ4n) is 7.42. The molecule has 1 amide bonds. The van der Waals surface area contributed by atoms with Gasteiger partial charge in [-0.2, -0.15) is 13.2 Å². The number of hydrogen-bond donors (Lipinski definition) is 2. The number of aromatic hydroxyl groups is 1. The summed E-state index contributed by atoms with van der Waals surface area (Å²) in [4.78, 5) is 19.7. The number of carbonyl (C=O) groups excluding carboxylic acids is 1. The Hall–Kier alpha value is -2.92. The van der Waals surface area contributed by atoms with Crippen molar-refractivity contribution in [1.29, 1.82) is 0 Å². The van der Waals surface area contributed by atoms with E-state index < -0.39 is 17.5 Å². The first-order chi connectivity index (χ1) is 19.5. The van der Waals surface area contributed by atoms with Gasteiger partial charge in [-0.3, -0.25) is 9.69 Å². The maximum Gasteiger partial charge on any atom is 0.416 e. The highest BCUT2D eigenvalue weighted by Crippen LogP contribution is 2.49. The first-order valence-corrected chi connectivity index (χ1v) is 14.7. The van der Waals surface area contributed by atoms with Crippen molar-refractivity contribution in [3.8, 4) is 17.0 Å². The van der Waals surface area contributed by atoms with Crippen molar-refractivity contribution in [2.75, 3.05) is 44.2 Å². The minimum atomic E-state index is -4.54. The lowest BCUT2D eigenvalue weighted by Gasteiger charge is -2.50. The first kappa shape index (κ1) is 28.2. The van der Waals surface area contributed by atoms with Crippen LogP contribution in [0.3, 0.4) is 0 Å². The molecule has 3 fully saturated rings. The molecule has 1 saturated carbocycles. The molecule has 41 heavy (non-hydrogen) atoms. The molecular weight excluding hydrogens is 535 g/mol. The van der Waals surface area contributed by atoms with Crippen LogP contribution in [0.15, 0.2) is 18.2 Å². The molecule has 2 N–H and O–H groups in total. The molecule has 8 nitrogen and oxygen atoms in total. The van der Waals surface area contributed by atoms with Gasteiger partial charge in [0.2, 0.25) is 5.91 Å². The molecule has 222 valence electrons. The maximum absolute atomic E-state index is 13.2. The Morgan fingerprint density at radius 3 is 2.54 bits per heavy atom. The second kappa shape index (κ2) is 10.7. The number of phenols is 1. The van der Waals surface area contributed by atoms with Gasteiger partial charge in [0.1, 0.15) is 5.75 Å². The molecule has 1 aromatic heterocycles. The van der Waals surface area contributed by atoms with Crippen LogP contribution in [-0.4, -0.2) is 87.5 Å². The summed E-state index contributed by atoms with van der Waals surface area (Å²) in [6, 6.07) is 3.14. The van der Waals surface area contributed by atoms with Crippen molar-refractivity contribution >= 4 is 11.7 Å². The van der Waals surface area contributed by atoms with Crippen LogP contribution in [-0.2, 0) is 17.4 Å². The Morgan fingerprint density at radius 2 is 1.85 bits per heavy atom. The van der Waals surface area contributed by atoms with Gasteiger partial charge >= 0.3 is 6.18 Å². The fourth-order valence-corrected chi connectivity index (χ4v) is 7.42. The quantitative estimate of drug-likeness (QED) is 0.568. The number of aromatic nitrogens is 2. The fraction of sp³-hybridized carbons (Fsp3) is 0.633. The van der Waals surface area contributed by atoms with Crippen LogP contribution in [0.4, 0.5) is 19.0 Å². The molecule has 1 atom stereocenters. The third-order valence-electron chi connectivity index (χ3n) is 9.79. The number of alkyl halides is 3. The summed E-state index contributed by atoms with van der Waals surface area (Å²) in [5.41, 5.74) is 1.81. The van der Waals surface area contributed by atoms with E-state index in [9.17, 15) is 28.2 Å². The molecule has 11 heteroatoms. The van der Waals surface area contributed by atoms with Crippen LogP contribution in [0.1, 0.15) is 61.6 Å². The minimum Gasteiger partial charge on any atom is -0.507 e. The molecule has 0 unspecified atom stereocenters. The third kappa shape index (κ3) is 5.50. The van der Waals surface area contributed by atoms with E-state index >= 15 is 0 Å². The molecule has 1 aromatic carbocycles. The van der Waals surface area contributed by atoms with Gasteiger partial charge in [-0.25, -0.2) is 0 Å². The van der Waals surface area contributed by atoms with Crippen LogP contribution in [0.5, 0.6) is 5.75 Å². The first-order valence-electron chi connectivity index (χ1n) is 14.7. The highest BCUT2D eigenvalue weighted by Gasteiger charge is 2.45. The average molecular weight is 574 g/mol. The molecule has 0 bridgehead atoms. The molecule has 1 spiro atoms. The monoisotopic (exact) mass is 573 g/mol. The third-order valence-corrected chi connectivity index (χ3v) is 9.79. The van der Waals surface area contributed by atoms with Crippen LogP contribution in [0, 0.1) is 12.3 Å². The number of halogens is 3. The van der Waals surface area contributed by atoms with E-state index in [1.54, 1.807) is 0 Å². The topological polar surface area (TPSA) is 93.0 Å². The van der Waals surface area contributed by atoms with E-state index in [2.05, 4.69) is 20.0 Å². The molecule has 6 rings (SSSR count). The number of hydrogen-bond acceptors (Lipinski definition) is 7. The SMILES string of the molecule is Cc1c(-c2ccc(C(F)(F)F)cc2O)nnc2c1CCCN2[C@@H]1CCCN(CC(=O)N2CCC3(CC2)CC(O)C3)C1. The van der Waals surface area contributed by atoms with Crippen molar-refractivity contribution in [1.82, 2.24) is 20.0 Å². The van der Waals surface area contributed by atoms with Gasteiger partial charge < -0.3 is 20.0 Å². The second-order valence-electron chi connectivity index (χ2n) is 12.5. The normalized spacial score (nSPS) is 23.4. The number of rotatable bonds is 4. The summed E-state index contributed by atoms with van der Waals surface area (Å²) in [5.74, 6) is 0.508. The smallest absolute Gasteiger partial charge is 0.416 e. The molecule has 4 aliphatic rings. The van der Waals surface area contributed by atoms with Gasteiger partial charge in [0.25, 0.3) is 0 Å². The summed E-state index contributed by atoms with van der Waals surface area (Å²) >= 11 is 0. The highest BCUT2D eigenvalue weighted by molar-refractivity contribution is 5.78. The number of likely N-dealkylation sites (tertiary alicyclic amines) is 2. The van der Waals surface area contributed by atoms with Crippen LogP contribution in [0.2, 0.25) is 0 Å². The van der Waals surface area contributed by atoms with Gasteiger partial charge in [0.15, 0.2) is 5.82 Å². The molecule has 4 heterocycles. The van der Waals surface area contributed by atoms with E-state index in [1.165, 1.54) is 6.07 Å². The van der Waals surface area contributed by atoms with Crippen molar-refractivity contribution < 1.29 is 28.2 Å². The number of anilines is 1. The number of benzene rings is 1. The predicted octanol–water partition coefficient (Wildman–Crippen LogP) is 4.16. The van der Waals surface area contributed by atoms with E-state index in [0.29, 0.717) is 12.2 Å². The van der Waals surface area contributed by atoms with Gasteiger partial charge in [0.05, 0.1) is 23.9 Å². The highest BCUT2D eigenvalue weighted by atomic mass is 19.4. The zero-order chi connectivity index (χ0) is 28.9. The number of aliphatic hydroxyl groups is 1. The lowest BCUT2D eigenvalue weighted by atomic mass is 9.61. The summed E-state index contributed by atoms with van der Waals surface area (Å²) < 4.78 is 39.3. The van der Waals surface area contributed by atoms with Crippen molar-refractivity contribution in [3.63, 3.8) is 0 Å². The van der Waals surface area contributed by atoms with Gasteiger partial charge in [-0.15, -0.1) is 10.2 Å². The number of aliphatic hydroxyl groups excluding tert-OH is 1. The molecular formula is C30H38F3N5O3. The number of carbonyl (C=O) groups is 1. The second-order valence-corrected chi connectivity index (χ2v) is 12.5. The lowest BCUT2D eigenvalue weighted by Crippen LogP contribution is -2.54. The Bertz CT molecular complexity index is 1300. The largest absolute Gasteiger partial charge is 0.507 e. The Kier molecular flexibility index (Phi) is 7.38. The molecule has 2 saturated heterocycles. The van der Waals surface area contributed by atoms with Crippen molar-refractivity contribution in [3.05, 3.63) is 34.9 Å². The standard InChI is InChI=1S/C30H38F3N5O3/c1-19-23-5-3-11-38(28(23)35-34-27(19)24-7-6-20(14-25(24)40)30(31,32)33)21-4-2-10-36(17-21)18-26(41)37-12-8-29(9-13-37)15-22(39)16-29/h6-7,14,21-22,39-40H,2-5,8-13,15-18H2,1H3/t21-/m1/s1. The zero-order valence-electron chi connectivity index (χ0n) is 23.5.